The van der Waals surface area contributed by atoms with Crippen molar-refractivity contribution in [2.24, 2.45) is 0 Å². The van der Waals surface area contributed by atoms with E-state index in [0.29, 0.717) is 22.6 Å². The highest BCUT2D eigenvalue weighted by Crippen LogP contribution is 2.39. The minimum atomic E-state index is 0.111. The molecular weight excluding hydrogens is 418 g/mol. The zero-order valence-electron chi connectivity index (χ0n) is 17.3. The van der Waals surface area contributed by atoms with Crippen molar-refractivity contribution in [1.82, 2.24) is 14.8 Å². The van der Waals surface area contributed by atoms with Gasteiger partial charge in [0.2, 0.25) is 0 Å². The lowest BCUT2D eigenvalue weighted by atomic mass is 9.99. The van der Waals surface area contributed by atoms with E-state index in [9.17, 15) is 4.79 Å². The van der Waals surface area contributed by atoms with Gasteiger partial charge in [-0.1, -0.05) is 41.6 Å². The smallest absolute Gasteiger partial charge is 0.192 e. The number of Topliss-reactive ketones (excluding diaryl/α,β-unsaturated/α-hetero) is 1. The maximum absolute atomic E-state index is 12.8. The first kappa shape index (κ1) is 20.9. The van der Waals surface area contributed by atoms with E-state index in [4.69, 9.17) is 16.3 Å². The van der Waals surface area contributed by atoms with Gasteiger partial charge in [0.1, 0.15) is 12.4 Å². The molecule has 0 spiro atoms. The Balaban J connectivity index is 1.47. The summed E-state index contributed by atoms with van der Waals surface area (Å²) in [6.07, 6.45) is 2.18. The zero-order chi connectivity index (χ0) is 21.3. The third-order valence-electron chi connectivity index (χ3n) is 5.31. The lowest BCUT2D eigenvalue weighted by molar-refractivity contribution is 0.102. The third-order valence-corrected chi connectivity index (χ3v) is 6.57. The first-order valence-corrected chi connectivity index (χ1v) is 11.4. The number of aryl methyl sites for hydroxylation is 3. The summed E-state index contributed by atoms with van der Waals surface area (Å²) in [6, 6.07) is 11.8. The molecule has 2 aromatic carbocycles. The van der Waals surface area contributed by atoms with Gasteiger partial charge >= 0.3 is 0 Å². The van der Waals surface area contributed by atoms with Crippen molar-refractivity contribution in [3.63, 3.8) is 0 Å². The lowest BCUT2D eigenvalue weighted by Crippen LogP contribution is -2.09. The van der Waals surface area contributed by atoms with Gasteiger partial charge < -0.3 is 4.74 Å². The van der Waals surface area contributed by atoms with Crippen molar-refractivity contribution < 1.29 is 9.53 Å². The molecule has 30 heavy (non-hydrogen) atoms. The number of hydrogen-bond donors (Lipinski definition) is 0. The summed E-state index contributed by atoms with van der Waals surface area (Å²) < 4.78 is 7.97. The van der Waals surface area contributed by atoms with Crippen molar-refractivity contribution in [1.29, 1.82) is 0 Å². The molecule has 0 saturated heterocycles. The average Bonchev–Trinajstić information content (AvgIpc) is 3.48. The van der Waals surface area contributed by atoms with Gasteiger partial charge in [-0.2, -0.15) is 0 Å². The molecule has 0 aliphatic heterocycles. The number of ether oxygens (including phenoxy) is 1. The topological polar surface area (TPSA) is 57.0 Å². The Labute approximate surface area is 185 Å². The van der Waals surface area contributed by atoms with Gasteiger partial charge in [-0.15, -0.1) is 10.2 Å². The molecule has 0 N–H and O–H groups in total. The Kier molecular flexibility index (Phi) is 6.16. The monoisotopic (exact) mass is 441 g/mol. The van der Waals surface area contributed by atoms with Crippen LogP contribution < -0.4 is 4.74 Å². The summed E-state index contributed by atoms with van der Waals surface area (Å²) in [4.78, 5) is 12.8. The Morgan fingerprint density at radius 1 is 1.13 bits per heavy atom. The predicted molar refractivity (Wildman–Crippen MR) is 120 cm³/mol. The summed E-state index contributed by atoms with van der Waals surface area (Å²) in [5.41, 5.74) is 4.13. The second-order valence-corrected chi connectivity index (χ2v) is 9.03. The Morgan fingerprint density at radius 3 is 2.60 bits per heavy atom. The van der Waals surface area contributed by atoms with Crippen LogP contribution in [0.15, 0.2) is 41.6 Å². The third kappa shape index (κ3) is 4.55. The maximum atomic E-state index is 12.8. The molecule has 0 atom stereocenters. The number of carbonyl (C=O) groups is 1. The molecular formula is C23H24ClN3O2S. The zero-order valence-corrected chi connectivity index (χ0v) is 18.9. The molecule has 0 amide bonds. The Morgan fingerprint density at radius 2 is 1.87 bits per heavy atom. The van der Waals surface area contributed by atoms with Gasteiger partial charge in [0.25, 0.3) is 0 Å². The van der Waals surface area contributed by atoms with Crippen LogP contribution >= 0.6 is 23.4 Å². The fraction of sp³-hybridized carbons (Fsp3) is 0.348. The minimum absolute atomic E-state index is 0.111. The van der Waals surface area contributed by atoms with Crippen molar-refractivity contribution in [2.75, 3.05) is 5.75 Å². The van der Waals surface area contributed by atoms with Crippen LogP contribution in [-0.2, 0) is 6.61 Å². The lowest BCUT2D eigenvalue weighted by Gasteiger charge is -2.11. The van der Waals surface area contributed by atoms with Crippen LogP contribution in [0, 0.1) is 20.8 Å². The fourth-order valence-corrected chi connectivity index (χ4v) is 4.47. The van der Waals surface area contributed by atoms with E-state index in [1.165, 1.54) is 17.3 Å². The molecule has 7 heteroatoms. The number of ketones is 1. The number of aromatic nitrogens is 3. The number of para-hydroxylation sites is 1. The summed E-state index contributed by atoms with van der Waals surface area (Å²) in [6.45, 7) is 6.38. The number of halogens is 1. The van der Waals surface area contributed by atoms with Crippen molar-refractivity contribution in [2.45, 2.75) is 51.4 Å². The molecule has 1 aliphatic rings. The first-order valence-electron chi connectivity index (χ1n) is 9.99. The molecule has 1 fully saturated rings. The number of hydrogen-bond acceptors (Lipinski definition) is 5. The minimum Gasteiger partial charge on any atom is -0.484 e. The molecule has 4 rings (SSSR count). The quantitative estimate of drug-likeness (QED) is 0.329. The van der Waals surface area contributed by atoms with Gasteiger partial charge in [-0.3, -0.25) is 9.36 Å². The molecule has 5 nitrogen and oxygen atoms in total. The molecule has 0 radical (unpaired) electrons. The van der Waals surface area contributed by atoms with Crippen LogP contribution in [0.3, 0.4) is 0 Å². The maximum Gasteiger partial charge on any atom is 0.192 e. The van der Waals surface area contributed by atoms with Gasteiger partial charge in [0.15, 0.2) is 16.8 Å². The predicted octanol–water partition coefficient (Wildman–Crippen LogP) is 5.75. The van der Waals surface area contributed by atoms with Crippen LogP contribution in [-0.4, -0.2) is 26.3 Å². The highest BCUT2D eigenvalue weighted by molar-refractivity contribution is 7.99. The number of carbonyl (C=O) groups excluding carboxylic acids is 1. The molecule has 3 aromatic rings. The Bertz CT molecular complexity index is 1090. The summed E-state index contributed by atoms with van der Waals surface area (Å²) in [7, 11) is 0. The van der Waals surface area contributed by atoms with E-state index in [0.717, 1.165) is 40.5 Å². The van der Waals surface area contributed by atoms with Crippen molar-refractivity contribution in [3.8, 4) is 5.75 Å². The second kappa shape index (κ2) is 8.82. The molecule has 0 unspecified atom stereocenters. The Hall–Kier alpha value is -2.31. The number of rotatable bonds is 8. The summed E-state index contributed by atoms with van der Waals surface area (Å²) in [5, 5.41) is 10.0. The van der Waals surface area contributed by atoms with E-state index in [1.807, 2.05) is 38.1 Å². The molecule has 1 saturated carbocycles. The number of thioether (sulfide) groups is 1. The van der Waals surface area contributed by atoms with E-state index in [1.54, 1.807) is 6.07 Å². The molecule has 1 heterocycles. The van der Waals surface area contributed by atoms with Crippen LogP contribution in [0.1, 0.15) is 51.8 Å². The SMILES string of the molecule is Cc1cc(C)c(C(=O)CSc2nnc(COc3ccccc3Cl)n2C2CC2)cc1C. The highest BCUT2D eigenvalue weighted by Gasteiger charge is 2.30. The van der Waals surface area contributed by atoms with Crippen molar-refractivity contribution >= 4 is 29.1 Å². The number of nitrogens with zero attached hydrogens (tertiary/aromatic N) is 3. The van der Waals surface area contributed by atoms with Gasteiger partial charge in [-0.05, 0) is 68.5 Å². The van der Waals surface area contributed by atoms with Gasteiger partial charge in [0.05, 0.1) is 10.8 Å². The molecule has 1 aromatic heterocycles. The average molecular weight is 442 g/mol. The number of benzene rings is 2. The standard InChI is InChI=1S/C23H24ClN3O2S/c1-14-10-16(3)18(11-15(14)2)20(28)13-30-23-26-25-22(27(23)17-8-9-17)12-29-21-7-5-4-6-19(21)24/h4-7,10-11,17H,8-9,12-13H2,1-3H3. The first-order chi connectivity index (χ1) is 14.4. The molecule has 156 valence electrons. The van der Waals surface area contributed by atoms with Crippen LogP contribution in [0.5, 0.6) is 5.75 Å². The molecule has 1 aliphatic carbocycles. The largest absolute Gasteiger partial charge is 0.484 e. The van der Waals surface area contributed by atoms with Crippen LogP contribution in [0.4, 0.5) is 0 Å². The van der Waals surface area contributed by atoms with E-state index < -0.39 is 0 Å². The van der Waals surface area contributed by atoms with E-state index in [-0.39, 0.29) is 12.4 Å². The molecule has 0 bridgehead atoms. The van der Waals surface area contributed by atoms with Crippen LogP contribution in [0.25, 0.3) is 0 Å². The summed E-state index contributed by atoms with van der Waals surface area (Å²) in [5.74, 6) is 1.83. The van der Waals surface area contributed by atoms with Gasteiger partial charge in [-0.25, -0.2) is 0 Å². The fourth-order valence-electron chi connectivity index (χ4n) is 3.38. The van der Waals surface area contributed by atoms with E-state index in [2.05, 4.69) is 27.8 Å². The van der Waals surface area contributed by atoms with Crippen LogP contribution in [0.2, 0.25) is 5.02 Å². The van der Waals surface area contributed by atoms with Crippen molar-refractivity contribution in [3.05, 3.63) is 69.5 Å². The summed E-state index contributed by atoms with van der Waals surface area (Å²) >= 11 is 7.62. The van der Waals surface area contributed by atoms with E-state index >= 15 is 0 Å². The highest BCUT2D eigenvalue weighted by atomic mass is 35.5. The second-order valence-electron chi connectivity index (χ2n) is 7.68. The normalized spacial score (nSPS) is 13.5. The van der Waals surface area contributed by atoms with Gasteiger partial charge in [0, 0.05) is 11.6 Å².